The highest BCUT2D eigenvalue weighted by molar-refractivity contribution is 7.15. The Bertz CT molecular complexity index is 986. The molecule has 26 heavy (non-hydrogen) atoms. The number of nitrogens with one attached hydrogen (secondary N) is 1. The number of benzene rings is 1. The predicted octanol–water partition coefficient (Wildman–Crippen LogP) is 3.64. The predicted molar refractivity (Wildman–Crippen MR) is 102 cm³/mol. The van der Waals surface area contributed by atoms with E-state index >= 15 is 0 Å². The monoisotopic (exact) mass is 365 g/mol. The smallest absolute Gasteiger partial charge is 0.211 e. The SMILES string of the molecule is Cc1cnn([C@@H](C)c2nnc(Nc3ccn(Cc4ccccc4)n3)s2)c1. The molecule has 8 heteroatoms. The molecule has 3 heterocycles. The fourth-order valence-corrected chi connectivity index (χ4v) is 3.40. The molecule has 0 aliphatic carbocycles. The fraction of sp³-hybridized carbons (Fsp3) is 0.222. The molecule has 4 rings (SSSR count). The summed E-state index contributed by atoms with van der Waals surface area (Å²) >= 11 is 1.51. The summed E-state index contributed by atoms with van der Waals surface area (Å²) in [6, 6.07) is 12.2. The fourth-order valence-electron chi connectivity index (χ4n) is 2.61. The maximum absolute atomic E-state index is 4.54. The number of hydrogen-bond acceptors (Lipinski definition) is 6. The number of rotatable bonds is 6. The standard InChI is InChI=1S/C18H19N7S/c1-13-10-19-25(11-13)14(2)17-21-22-18(26-17)20-16-8-9-24(23-16)12-15-6-4-3-5-7-15/h3-11,14H,12H2,1-2H3,(H,20,22,23)/t14-/m0/s1. The molecule has 1 aromatic carbocycles. The summed E-state index contributed by atoms with van der Waals surface area (Å²) < 4.78 is 3.79. The molecule has 0 bridgehead atoms. The molecule has 0 unspecified atom stereocenters. The van der Waals surface area contributed by atoms with Crippen molar-refractivity contribution in [1.82, 2.24) is 29.8 Å². The Morgan fingerprint density at radius 1 is 1.15 bits per heavy atom. The van der Waals surface area contributed by atoms with E-state index in [0.717, 1.165) is 28.1 Å². The van der Waals surface area contributed by atoms with Crippen LogP contribution in [0.4, 0.5) is 10.9 Å². The molecule has 7 nitrogen and oxygen atoms in total. The minimum absolute atomic E-state index is 0.0485. The Labute approximate surface area is 155 Å². The molecule has 1 N–H and O–H groups in total. The highest BCUT2D eigenvalue weighted by Crippen LogP contribution is 2.26. The normalized spacial score (nSPS) is 12.2. The van der Waals surface area contributed by atoms with Crippen LogP contribution in [0.5, 0.6) is 0 Å². The maximum Gasteiger partial charge on any atom is 0.211 e. The van der Waals surface area contributed by atoms with Crippen molar-refractivity contribution >= 4 is 22.3 Å². The van der Waals surface area contributed by atoms with Crippen molar-refractivity contribution in [2.75, 3.05) is 5.32 Å². The van der Waals surface area contributed by atoms with Gasteiger partial charge in [0, 0.05) is 18.5 Å². The minimum Gasteiger partial charge on any atom is -0.313 e. The number of anilines is 2. The lowest BCUT2D eigenvalue weighted by Gasteiger charge is -2.07. The Morgan fingerprint density at radius 3 is 2.77 bits per heavy atom. The van der Waals surface area contributed by atoms with E-state index in [1.165, 1.54) is 16.9 Å². The van der Waals surface area contributed by atoms with Crippen LogP contribution in [0.2, 0.25) is 0 Å². The zero-order valence-electron chi connectivity index (χ0n) is 14.6. The Kier molecular flexibility index (Phi) is 4.49. The van der Waals surface area contributed by atoms with Crippen LogP contribution in [-0.4, -0.2) is 29.8 Å². The van der Waals surface area contributed by atoms with Gasteiger partial charge >= 0.3 is 0 Å². The molecule has 1 atom stereocenters. The summed E-state index contributed by atoms with van der Waals surface area (Å²) in [5.74, 6) is 0.756. The molecule has 0 fully saturated rings. The first-order valence-corrected chi connectivity index (χ1v) is 9.17. The Balaban J connectivity index is 1.43. The molecule has 0 saturated heterocycles. The van der Waals surface area contributed by atoms with Crippen LogP contribution >= 0.6 is 11.3 Å². The van der Waals surface area contributed by atoms with Crippen LogP contribution < -0.4 is 5.32 Å². The van der Waals surface area contributed by atoms with Gasteiger partial charge in [0.2, 0.25) is 5.13 Å². The summed E-state index contributed by atoms with van der Waals surface area (Å²) in [6.45, 7) is 4.82. The van der Waals surface area contributed by atoms with E-state index in [4.69, 9.17) is 0 Å². The van der Waals surface area contributed by atoms with E-state index in [2.05, 4.69) is 44.8 Å². The largest absolute Gasteiger partial charge is 0.313 e. The molecule has 0 saturated carbocycles. The summed E-state index contributed by atoms with van der Waals surface area (Å²) in [7, 11) is 0. The van der Waals surface area contributed by atoms with Crippen molar-refractivity contribution in [1.29, 1.82) is 0 Å². The zero-order chi connectivity index (χ0) is 17.9. The van der Waals surface area contributed by atoms with Gasteiger partial charge in [-0.15, -0.1) is 10.2 Å². The molecule has 0 amide bonds. The van der Waals surface area contributed by atoms with Gasteiger partial charge in [0.1, 0.15) is 11.0 Å². The molecule has 4 aromatic rings. The average Bonchev–Trinajstić information content (AvgIpc) is 3.38. The summed E-state index contributed by atoms with van der Waals surface area (Å²) in [5, 5.41) is 22.2. The molecular weight excluding hydrogens is 346 g/mol. The first-order chi connectivity index (χ1) is 12.7. The Morgan fingerprint density at radius 2 is 2.00 bits per heavy atom. The molecule has 0 radical (unpaired) electrons. The summed E-state index contributed by atoms with van der Waals surface area (Å²) in [5.41, 5.74) is 2.34. The molecule has 132 valence electrons. The third-order valence-electron chi connectivity index (χ3n) is 3.99. The highest BCUT2D eigenvalue weighted by Gasteiger charge is 2.15. The van der Waals surface area contributed by atoms with Crippen molar-refractivity contribution in [3.63, 3.8) is 0 Å². The van der Waals surface area contributed by atoms with Gasteiger partial charge in [0.15, 0.2) is 5.82 Å². The second-order valence-electron chi connectivity index (χ2n) is 6.13. The number of aryl methyl sites for hydroxylation is 1. The van der Waals surface area contributed by atoms with E-state index in [9.17, 15) is 0 Å². The van der Waals surface area contributed by atoms with Crippen LogP contribution in [0.25, 0.3) is 0 Å². The van der Waals surface area contributed by atoms with Crippen molar-refractivity contribution in [3.8, 4) is 0 Å². The van der Waals surface area contributed by atoms with Gasteiger partial charge in [0.05, 0.1) is 12.7 Å². The van der Waals surface area contributed by atoms with E-state index < -0.39 is 0 Å². The van der Waals surface area contributed by atoms with Gasteiger partial charge in [-0.25, -0.2) is 0 Å². The molecule has 0 spiro atoms. The van der Waals surface area contributed by atoms with Crippen molar-refractivity contribution in [2.45, 2.75) is 26.4 Å². The van der Waals surface area contributed by atoms with E-state index in [1.807, 2.05) is 59.1 Å². The van der Waals surface area contributed by atoms with E-state index in [0.29, 0.717) is 0 Å². The summed E-state index contributed by atoms with van der Waals surface area (Å²) in [4.78, 5) is 0. The molecule has 0 aliphatic heterocycles. The first kappa shape index (κ1) is 16.5. The zero-order valence-corrected chi connectivity index (χ0v) is 15.4. The van der Waals surface area contributed by atoms with Gasteiger partial charge in [-0.05, 0) is 25.0 Å². The third-order valence-corrected chi connectivity index (χ3v) is 5.00. The number of aromatic nitrogens is 6. The van der Waals surface area contributed by atoms with Crippen LogP contribution in [0.15, 0.2) is 55.0 Å². The molecule has 0 aliphatic rings. The van der Waals surface area contributed by atoms with Crippen LogP contribution in [0.3, 0.4) is 0 Å². The molecule has 3 aromatic heterocycles. The third kappa shape index (κ3) is 3.65. The maximum atomic E-state index is 4.54. The van der Waals surface area contributed by atoms with Crippen molar-refractivity contribution in [3.05, 3.63) is 71.1 Å². The first-order valence-electron chi connectivity index (χ1n) is 8.36. The van der Waals surface area contributed by atoms with Gasteiger partial charge in [-0.3, -0.25) is 9.36 Å². The van der Waals surface area contributed by atoms with E-state index in [-0.39, 0.29) is 6.04 Å². The minimum atomic E-state index is 0.0485. The second kappa shape index (κ2) is 7.09. The van der Waals surface area contributed by atoms with Crippen molar-refractivity contribution < 1.29 is 0 Å². The van der Waals surface area contributed by atoms with Crippen LogP contribution in [0.1, 0.15) is 29.1 Å². The van der Waals surface area contributed by atoms with Gasteiger partial charge in [-0.2, -0.15) is 10.2 Å². The lowest BCUT2D eigenvalue weighted by Crippen LogP contribution is -2.06. The summed E-state index contributed by atoms with van der Waals surface area (Å²) in [6.07, 6.45) is 5.80. The van der Waals surface area contributed by atoms with Crippen LogP contribution in [-0.2, 0) is 6.54 Å². The number of hydrogen-bond donors (Lipinski definition) is 1. The van der Waals surface area contributed by atoms with E-state index in [1.54, 1.807) is 0 Å². The average molecular weight is 365 g/mol. The van der Waals surface area contributed by atoms with Gasteiger partial charge in [0.25, 0.3) is 0 Å². The quantitative estimate of drug-likeness (QED) is 0.565. The lowest BCUT2D eigenvalue weighted by atomic mass is 10.2. The highest BCUT2D eigenvalue weighted by atomic mass is 32.1. The van der Waals surface area contributed by atoms with Crippen LogP contribution in [0, 0.1) is 6.92 Å². The van der Waals surface area contributed by atoms with Gasteiger partial charge in [-0.1, -0.05) is 41.7 Å². The van der Waals surface area contributed by atoms with Gasteiger partial charge < -0.3 is 5.32 Å². The topological polar surface area (TPSA) is 73.5 Å². The van der Waals surface area contributed by atoms with Crippen molar-refractivity contribution in [2.24, 2.45) is 0 Å². The second-order valence-corrected chi connectivity index (χ2v) is 7.14. The lowest BCUT2D eigenvalue weighted by molar-refractivity contribution is 0.557. The Hall–Kier alpha value is -3.00. The number of nitrogens with zero attached hydrogens (tertiary/aromatic N) is 6. The molecular formula is C18H19N7S.